The van der Waals surface area contributed by atoms with Crippen molar-refractivity contribution in [3.63, 3.8) is 0 Å². The minimum absolute atomic E-state index is 0.193. The SMILES string of the molecule is COCCCCCC(=O)/C=C/c1ccc(CCc2cccnc2)cc1. The lowest BCUT2D eigenvalue weighted by Crippen LogP contribution is -1.94. The summed E-state index contributed by atoms with van der Waals surface area (Å²) >= 11 is 0. The lowest BCUT2D eigenvalue weighted by atomic mass is 10.0. The fourth-order valence-corrected chi connectivity index (χ4v) is 2.63. The molecule has 0 N–H and O–H groups in total. The highest BCUT2D eigenvalue weighted by Crippen LogP contribution is 2.10. The summed E-state index contributed by atoms with van der Waals surface area (Å²) in [7, 11) is 1.71. The van der Waals surface area contributed by atoms with E-state index in [1.54, 1.807) is 19.4 Å². The Bertz CT molecular complexity index is 647. The zero-order valence-electron chi connectivity index (χ0n) is 15.0. The summed E-state index contributed by atoms with van der Waals surface area (Å²) in [5, 5.41) is 0. The van der Waals surface area contributed by atoms with Gasteiger partial charge in [-0.3, -0.25) is 9.78 Å². The Hall–Kier alpha value is -2.26. The lowest BCUT2D eigenvalue weighted by Gasteiger charge is -2.02. The third-order valence-electron chi connectivity index (χ3n) is 4.14. The lowest BCUT2D eigenvalue weighted by molar-refractivity contribution is -0.114. The number of aryl methyl sites for hydroxylation is 2. The fourth-order valence-electron chi connectivity index (χ4n) is 2.63. The van der Waals surface area contributed by atoms with Gasteiger partial charge in [0, 0.05) is 32.5 Å². The molecule has 2 rings (SSSR count). The van der Waals surface area contributed by atoms with E-state index in [1.807, 2.05) is 18.3 Å². The molecule has 3 heteroatoms. The predicted octanol–water partition coefficient (Wildman–Crippen LogP) is 4.66. The van der Waals surface area contributed by atoms with Crippen LogP contribution in [0.25, 0.3) is 6.08 Å². The number of nitrogens with zero attached hydrogens (tertiary/aromatic N) is 1. The third-order valence-corrected chi connectivity index (χ3v) is 4.14. The monoisotopic (exact) mass is 337 g/mol. The Morgan fingerprint density at radius 2 is 1.84 bits per heavy atom. The average molecular weight is 337 g/mol. The van der Waals surface area contributed by atoms with Gasteiger partial charge in [-0.2, -0.15) is 0 Å². The highest BCUT2D eigenvalue weighted by atomic mass is 16.5. The van der Waals surface area contributed by atoms with E-state index in [2.05, 4.69) is 35.3 Å². The Kier molecular flexibility index (Phi) is 8.64. The average Bonchev–Trinajstić information content (AvgIpc) is 2.66. The molecule has 0 aliphatic carbocycles. The topological polar surface area (TPSA) is 39.2 Å². The zero-order valence-corrected chi connectivity index (χ0v) is 15.0. The van der Waals surface area contributed by atoms with Crippen LogP contribution in [0.4, 0.5) is 0 Å². The predicted molar refractivity (Wildman–Crippen MR) is 102 cm³/mol. The van der Waals surface area contributed by atoms with Gasteiger partial charge in [-0.15, -0.1) is 0 Å². The molecule has 0 saturated carbocycles. The molecule has 0 saturated heterocycles. The molecule has 1 aromatic carbocycles. The molecular formula is C22H27NO2. The second-order valence-corrected chi connectivity index (χ2v) is 6.21. The van der Waals surface area contributed by atoms with E-state index in [0.29, 0.717) is 6.42 Å². The number of hydrogen-bond acceptors (Lipinski definition) is 3. The van der Waals surface area contributed by atoms with E-state index >= 15 is 0 Å². The van der Waals surface area contributed by atoms with E-state index in [9.17, 15) is 4.79 Å². The third kappa shape index (κ3) is 7.90. The van der Waals surface area contributed by atoms with E-state index in [-0.39, 0.29) is 5.78 Å². The van der Waals surface area contributed by atoms with Crippen molar-refractivity contribution in [3.05, 3.63) is 71.6 Å². The number of methoxy groups -OCH3 is 1. The molecule has 0 unspecified atom stereocenters. The van der Waals surface area contributed by atoms with Gasteiger partial charge < -0.3 is 4.74 Å². The maximum absolute atomic E-state index is 11.9. The fraction of sp³-hybridized carbons (Fsp3) is 0.364. The van der Waals surface area contributed by atoms with Gasteiger partial charge in [-0.05, 0) is 54.5 Å². The van der Waals surface area contributed by atoms with Crippen LogP contribution in [0.2, 0.25) is 0 Å². The second kappa shape index (κ2) is 11.3. The number of allylic oxidation sites excluding steroid dienone is 1. The zero-order chi connectivity index (χ0) is 17.7. The van der Waals surface area contributed by atoms with Gasteiger partial charge in [0.25, 0.3) is 0 Å². The highest BCUT2D eigenvalue weighted by Gasteiger charge is 1.99. The number of rotatable bonds is 11. The Balaban J connectivity index is 1.72. The number of hydrogen-bond donors (Lipinski definition) is 0. The Labute approximate surface area is 150 Å². The van der Waals surface area contributed by atoms with Crippen LogP contribution in [0.5, 0.6) is 0 Å². The number of carbonyl (C=O) groups is 1. The van der Waals surface area contributed by atoms with Gasteiger partial charge in [0.15, 0.2) is 5.78 Å². The van der Waals surface area contributed by atoms with Crippen LogP contribution in [0.15, 0.2) is 54.9 Å². The normalized spacial score (nSPS) is 11.1. The quantitative estimate of drug-likeness (QED) is 0.442. The Morgan fingerprint density at radius 3 is 2.56 bits per heavy atom. The van der Waals surface area contributed by atoms with Crippen molar-refractivity contribution in [1.29, 1.82) is 0 Å². The Morgan fingerprint density at radius 1 is 1.04 bits per heavy atom. The van der Waals surface area contributed by atoms with Crippen molar-refractivity contribution in [1.82, 2.24) is 4.98 Å². The molecule has 0 aliphatic heterocycles. The molecule has 25 heavy (non-hydrogen) atoms. The summed E-state index contributed by atoms with van der Waals surface area (Å²) in [6.45, 7) is 0.775. The molecule has 0 aliphatic rings. The summed E-state index contributed by atoms with van der Waals surface area (Å²) in [5.41, 5.74) is 3.62. The van der Waals surface area contributed by atoms with Crippen molar-refractivity contribution in [2.75, 3.05) is 13.7 Å². The molecular weight excluding hydrogens is 310 g/mol. The molecule has 1 aromatic heterocycles. The van der Waals surface area contributed by atoms with Crippen molar-refractivity contribution in [2.45, 2.75) is 38.5 Å². The van der Waals surface area contributed by atoms with Crippen molar-refractivity contribution in [3.8, 4) is 0 Å². The van der Waals surface area contributed by atoms with Crippen LogP contribution in [-0.4, -0.2) is 24.5 Å². The van der Waals surface area contributed by atoms with Crippen molar-refractivity contribution < 1.29 is 9.53 Å². The molecule has 132 valence electrons. The first-order valence-corrected chi connectivity index (χ1v) is 8.95. The van der Waals surface area contributed by atoms with Crippen molar-refractivity contribution >= 4 is 11.9 Å². The van der Waals surface area contributed by atoms with Gasteiger partial charge in [-0.1, -0.05) is 42.8 Å². The van der Waals surface area contributed by atoms with Crippen LogP contribution < -0.4 is 0 Å². The summed E-state index contributed by atoms with van der Waals surface area (Å²) in [6, 6.07) is 12.5. The first-order valence-electron chi connectivity index (χ1n) is 8.95. The number of unbranched alkanes of at least 4 members (excludes halogenated alkanes) is 2. The maximum atomic E-state index is 11.9. The smallest absolute Gasteiger partial charge is 0.155 e. The molecule has 0 fully saturated rings. The molecule has 0 atom stereocenters. The van der Waals surface area contributed by atoms with Gasteiger partial charge in [0.1, 0.15) is 0 Å². The second-order valence-electron chi connectivity index (χ2n) is 6.21. The molecule has 2 aromatic rings. The number of carbonyl (C=O) groups excluding carboxylic acids is 1. The number of ketones is 1. The summed E-state index contributed by atoms with van der Waals surface area (Å²) in [4.78, 5) is 16.0. The summed E-state index contributed by atoms with van der Waals surface area (Å²) < 4.78 is 5.00. The molecule has 0 bridgehead atoms. The first kappa shape index (κ1) is 19.1. The van der Waals surface area contributed by atoms with Crippen LogP contribution in [0.1, 0.15) is 42.4 Å². The molecule has 0 radical (unpaired) electrons. The van der Waals surface area contributed by atoms with Crippen LogP contribution in [0.3, 0.4) is 0 Å². The highest BCUT2D eigenvalue weighted by molar-refractivity contribution is 5.93. The largest absolute Gasteiger partial charge is 0.385 e. The number of aromatic nitrogens is 1. The van der Waals surface area contributed by atoms with Crippen LogP contribution in [-0.2, 0) is 22.4 Å². The van der Waals surface area contributed by atoms with E-state index in [0.717, 1.165) is 44.3 Å². The summed E-state index contributed by atoms with van der Waals surface area (Å²) in [6.07, 6.45) is 12.9. The van der Waals surface area contributed by atoms with Gasteiger partial charge in [0.05, 0.1) is 0 Å². The first-order chi connectivity index (χ1) is 12.3. The minimum Gasteiger partial charge on any atom is -0.385 e. The van der Waals surface area contributed by atoms with E-state index in [1.165, 1.54) is 11.1 Å². The van der Waals surface area contributed by atoms with Crippen LogP contribution in [0, 0.1) is 0 Å². The molecule has 0 spiro atoms. The molecule has 1 heterocycles. The van der Waals surface area contributed by atoms with E-state index in [4.69, 9.17) is 4.74 Å². The van der Waals surface area contributed by atoms with Gasteiger partial charge in [0.2, 0.25) is 0 Å². The molecule has 3 nitrogen and oxygen atoms in total. The van der Waals surface area contributed by atoms with Crippen LogP contribution >= 0.6 is 0 Å². The molecule has 0 amide bonds. The van der Waals surface area contributed by atoms with Gasteiger partial charge in [-0.25, -0.2) is 0 Å². The van der Waals surface area contributed by atoms with Gasteiger partial charge >= 0.3 is 0 Å². The standard InChI is InChI=1S/C22H27NO2/c1-25-17-4-2-3-7-22(24)15-14-20-10-8-19(9-11-20)12-13-21-6-5-16-23-18-21/h5-6,8-11,14-16,18H,2-4,7,12-13,17H2,1H3/b15-14+. The number of benzene rings is 1. The number of pyridine rings is 1. The van der Waals surface area contributed by atoms with Crippen molar-refractivity contribution in [2.24, 2.45) is 0 Å². The van der Waals surface area contributed by atoms with E-state index < -0.39 is 0 Å². The maximum Gasteiger partial charge on any atom is 0.155 e. The minimum atomic E-state index is 0.193. The summed E-state index contributed by atoms with van der Waals surface area (Å²) in [5.74, 6) is 0.193. The number of ether oxygens (including phenoxy) is 1.